The zero-order valence-corrected chi connectivity index (χ0v) is 15.2. The van der Waals surface area contributed by atoms with E-state index in [1.165, 1.54) is 6.42 Å². The smallest absolute Gasteiger partial charge is 0.228 e. The molecule has 0 spiro atoms. The number of fused-ring (bicyclic) bond motifs is 3. The Kier molecular flexibility index (Phi) is 3.83. The molecule has 2 aromatic heterocycles. The minimum Gasteiger partial charge on any atom is -0.459 e. The first kappa shape index (κ1) is 16.0. The predicted molar refractivity (Wildman–Crippen MR) is 101 cm³/mol. The third-order valence-corrected chi connectivity index (χ3v) is 6.49. The van der Waals surface area contributed by atoms with Crippen molar-refractivity contribution in [1.29, 1.82) is 0 Å². The van der Waals surface area contributed by atoms with Crippen molar-refractivity contribution in [2.75, 3.05) is 0 Å². The quantitative estimate of drug-likeness (QED) is 0.726. The zero-order valence-electron chi connectivity index (χ0n) is 14.4. The van der Waals surface area contributed by atoms with E-state index < -0.39 is 5.41 Å². The van der Waals surface area contributed by atoms with E-state index in [0.717, 1.165) is 35.3 Å². The molecule has 1 aromatic carbocycles. The van der Waals surface area contributed by atoms with Crippen LogP contribution < -0.4 is 10.6 Å². The summed E-state index contributed by atoms with van der Waals surface area (Å²) in [7, 11) is 0. The number of thiazole rings is 1. The SMILES string of the molecule is O=C(NCc1cc2ccccc2o1)[C@]1(Cc2cscn2)C[C@@H]2CC[C@H]1N2. The van der Waals surface area contributed by atoms with Crippen LogP contribution in [-0.4, -0.2) is 23.0 Å². The van der Waals surface area contributed by atoms with Crippen LogP contribution in [0.25, 0.3) is 11.0 Å². The number of rotatable bonds is 5. The van der Waals surface area contributed by atoms with Crippen LogP contribution in [0.4, 0.5) is 0 Å². The van der Waals surface area contributed by atoms with Gasteiger partial charge in [-0.2, -0.15) is 0 Å². The molecule has 2 saturated heterocycles. The number of carbonyl (C=O) groups excluding carboxylic acids is 1. The van der Waals surface area contributed by atoms with Gasteiger partial charge in [-0.1, -0.05) is 18.2 Å². The van der Waals surface area contributed by atoms with Gasteiger partial charge in [0.15, 0.2) is 0 Å². The van der Waals surface area contributed by atoms with E-state index in [4.69, 9.17) is 4.42 Å². The van der Waals surface area contributed by atoms with Crippen LogP contribution >= 0.6 is 11.3 Å². The molecule has 3 atom stereocenters. The highest BCUT2D eigenvalue weighted by Gasteiger charge is 2.55. The van der Waals surface area contributed by atoms with Crippen molar-refractivity contribution in [3.63, 3.8) is 0 Å². The molecule has 2 bridgehead atoms. The topological polar surface area (TPSA) is 67.2 Å². The number of nitrogens with one attached hydrogen (secondary N) is 2. The molecule has 4 heterocycles. The summed E-state index contributed by atoms with van der Waals surface area (Å²) in [5.41, 5.74) is 3.32. The van der Waals surface area contributed by atoms with E-state index in [0.29, 0.717) is 19.0 Å². The Morgan fingerprint density at radius 1 is 1.38 bits per heavy atom. The Hall–Kier alpha value is -2.18. The van der Waals surface area contributed by atoms with Gasteiger partial charge in [-0.05, 0) is 31.4 Å². The molecule has 3 aromatic rings. The monoisotopic (exact) mass is 367 g/mol. The van der Waals surface area contributed by atoms with Gasteiger partial charge in [0.05, 0.1) is 23.2 Å². The minimum absolute atomic E-state index is 0.116. The van der Waals surface area contributed by atoms with Crippen molar-refractivity contribution >= 4 is 28.2 Å². The summed E-state index contributed by atoms with van der Waals surface area (Å²) in [4.78, 5) is 17.7. The Bertz CT molecular complexity index is 903. The first-order valence-electron chi connectivity index (χ1n) is 9.12. The van der Waals surface area contributed by atoms with Gasteiger partial charge in [0.1, 0.15) is 11.3 Å². The molecule has 2 N–H and O–H groups in total. The lowest BCUT2D eigenvalue weighted by Gasteiger charge is -2.34. The molecule has 0 radical (unpaired) electrons. The molecule has 5 nitrogen and oxygen atoms in total. The van der Waals surface area contributed by atoms with Crippen LogP contribution in [0.1, 0.15) is 30.7 Å². The third kappa shape index (κ3) is 2.64. The highest BCUT2D eigenvalue weighted by Crippen LogP contribution is 2.46. The summed E-state index contributed by atoms with van der Waals surface area (Å²) in [5, 5.41) is 9.89. The number of carbonyl (C=O) groups is 1. The summed E-state index contributed by atoms with van der Waals surface area (Å²) in [5.74, 6) is 0.908. The molecule has 2 fully saturated rings. The Balaban J connectivity index is 1.35. The number of hydrogen-bond acceptors (Lipinski definition) is 5. The van der Waals surface area contributed by atoms with Crippen LogP contribution in [-0.2, 0) is 17.8 Å². The highest BCUT2D eigenvalue weighted by atomic mass is 32.1. The number of aromatic nitrogens is 1. The molecule has 6 heteroatoms. The van der Waals surface area contributed by atoms with Crippen LogP contribution in [0.3, 0.4) is 0 Å². The molecule has 1 amide bonds. The second-order valence-electron chi connectivity index (χ2n) is 7.44. The number of benzene rings is 1. The van der Waals surface area contributed by atoms with Crippen molar-refractivity contribution in [2.24, 2.45) is 5.41 Å². The maximum Gasteiger partial charge on any atom is 0.228 e. The molecule has 0 saturated carbocycles. The minimum atomic E-state index is -0.400. The van der Waals surface area contributed by atoms with Gasteiger partial charge >= 0.3 is 0 Å². The average molecular weight is 367 g/mol. The van der Waals surface area contributed by atoms with Crippen LogP contribution in [0, 0.1) is 5.41 Å². The Morgan fingerprint density at radius 2 is 2.31 bits per heavy atom. The predicted octanol–water partition coefficient (Wildman–Crippen LogP) is 3.26. The average Bonchev–Trinajstić information content (AvgIpc) is 3.42. The molecule has 2 aliphatic heterocycles. The van der Waals surface area contributed by atoms with Gasteiger partial charge in [0.25, 0.3) is 0 Å². The van der Waals surface area contributed by atoms with Gasteiger partial charge in [0, 0.05) is 29.3 Å². The number of hydrogen-bond donors (Lipinski definition) is 2. The second-order valence-corrected chi connectivity index (χ2v) is 8.16. The second kappa shape index (κ2) is 6.21. The van der Waals surface area contributed by atoms with Crippen LogP contribution in [0.5, 0.6) is 0 Å². The van der Waals surface area contributed by atoms with E-state index in [9.17, 15) is 4.79 Å². The largest absolute Gasteiger partial charge is 0.459 e. The fourth-order valence-corrected chi connectivity index (χ4v) is 5.20. The van der Waals surface area contributed by atoms with Crippen LogP contribution in [0.15, 0.2) is 45.6 Å². The first-order chi connectivity index (χ1) is 12.7. The molecule has 5 rings (SSSR count). The molecule has 26 heavy (non-hydrogen) atoms. The molecule has 2 aliphatic rings. The Labute approximate surface area is 155 Å². The lowest BCUT2D eigenvalue weighted by atomic mass is 9.70. The number of para-hydroxylation sites is 1. The van der Waals surface area contributed by atoms with Crippen molar-refractivity contribution in [2.45, 2.75) is 44.3 Å². The molecular weight excluding hydrogens is 346 g/mol. The molecule has 0 aliphatic carbocycles. The molecule has 0 unspecified atom stereocenters. The van der Waals surface area contributed by atoms with Gasteiger partial charge < -0.3 is 15.1 Å². The first-order valence-corrected chi connectivity index (χ1v) is 10.1. The lowest BCUT2D eigenvalue weighted by Crippen LogP contribution is -2.49. The fourth-order valence-electron chi connectivity index (χ4n) is 4.64. The maximum atomic E-state index is 13.3. The highest BCUT2D eigenvalue weighted by molar-refractivity contribution is 7.07. The van der Waals surface area contributed by atoms with Crippen LogP contribution in [0.2, 0.25) is 0 Å². The summed E-state index contributed by atoms with van der Waals surface area (Å²) in [6, 6.07) is 10.6. The van der Waals surface area contributed by atoms with E-state index in [2.05, 4.69) is 21.0 Å². The van der Waals surface area contributed by atoms with E-state index in [1.807, 2.05) is 35.8 Å². The lowest BCUT2D eigenvalue weighted by molar-refractivity contribution is -0.132. The van der Waals surface area contributed by atoms with Gasteiger partial charge in [0.2, 0.25) is 5.91 Å². The maximum absolute atomic E-state index is 13.3. The van der Waals surface area contributed by atoms with Crippen molar-refractivity contribution in [1.82, 2.24) is 15.6 Å². The third-order valence-electron chi connectivity index (χ3n) is 5.85. The number of amides is 1. The van der Waals surface area contributed by atoms with Crippen molar-refractivity contribution in [3.05, 3.63) is 52.7 Å². The summed E-state index contributed by atoms with van der Waals surface area (Å²) in [6.07, 6.45) is 3.82. The normalized spacial score (nSPS) is 27.2. The molecular formula is C20H21N3O2S. The van der Waals surface area contributed by atoms with Gasteiger partial charge in [-0.15, -0.1) is 11.3 Å². The summed E-state index contributed by atoms with van der Waals surface area (Å²) < 4.78 is 5.84. The van der Waals surface area contributed by atoms with E-state index >= 15 is 0 Å². The standard InChI is InChI=1S/C20H21N3O2S/c24-19(21-10-16-7-13-3-1-2-4-17(13)25-16)20(9-15-11-26-12-22-15)8-14-5-6-18(20)23-14/h1-4,7,11-12,14,18,23H,5-6,8-10H2,(H,21,24)/t14-,18+,20-/m0/s1. The van der Waals surface area contributed by atoms with Crippen molar-refractivity contribution < 1.29 is 9.21 Å². The summed E-state index contributed by atoms with van der Waals surface area (Å²) in [6.45, 7) is 0.420. The number of nitrogens with zero attached hydrogens (tertiary/aromatic N) is 1. The van der Waals surface area contributed by atoms with E-state index in [1.54, 1.807) is 11.3 Å². The van der Waals surface area contributed by atoms with Gasteiger partial charge in [-0.25, -0.2) is 4.98 Å². The zero-order chi connectivity index (χ0) is 17.6. The summed E-state index contributed by atoms with van der Waals surface area (Å²) >= 11 is 1.59. The Morgan fingerprint density at radius 3 is 3.04 bits per heavy atom. The van der Waals surface area contributed by atoms with Gasteiger partial charge in [-0.3, -0.25) is 4.79 Å². The number of furan rings is 1. The fraction of sp³-hybridized carbons (Fsp3) is 0.400. The van der Waals surface area contributed by atoms with E-state index in [-0.39, 0.29) is 11.9 Å². The van der Waals surface area contributed by atoms with Crippen molar-refractivity contribution in [3.8, 4) is 0 Å². The molecule has 134 valence electrons.